The minimum atomic E-state index is -4.26. The van der Waals surface area contributed by atoms with Gasteiger partial charge in [-0.15, -0.1) is 0 Å². The van der Waals surface area contributed by atoms with Crippen molar-refractivity contribution in [2.75, 3.05) is 6.54 Å². The maximum absolute atomic E-state index is 12.5. The van der Waals surface area contributed by atoms with E-state index >= 15 is 0 Å². The van der Waals surface area contributed by atoms with Gasteiger partial charge in [-0.3, -0.25) is 0 Å². The summed E-state index contributed by atoms with van der Waals surface area (Å²) in [5, 5.41) is 3.32. The zero-order valence-corrected chi connectivity index (χ0v) is 11.5. The van der Waals surface area contributed by atoms with E-state index in [0.717, 1.165) is 30.7 Å². The molecule has 2 aromatic rings. The van der Waals surface area contributed by atoms with Gasteiger partial charge in [-0.2, -0.15) is 13.2 Å². The summed E-state index contributed by atoms with van der Waals surface area (Å²) in [6.07, 6.45) is -3.18. The quantitative estimate of drug-likeness (QED) is 0.893. The largest absolute Gasteiger partial charge is 0.416 e. The van der Waals surface area contributed by atoms with Crippen LogP contribution in [0.15, 0.2) is 48.5 Å². The average molecular weight is 291 g/mol. The molecular weight excluding hydrogens is 275 g/mol. The van der Waals surface area contributed by atoms with E-state index in [4.69, 9.17) is 0 Å². The summed E-state index contributed by atoms with van der Waals surface area (Å²) >= 11 is 0. The van der Waals surface area contributed by atoms with Gasteiger partial charge in [0.25, 0.3) is 0 Å². The molecule has 0 aromatic heterocycles. The van der Waals surface area contributed by atoms with Crippen molar-refractivity contribution in [1.29, 1.82) is 0 Å². The highest BCUT2D eigenvalue weighted by atomic mass is 19.4. The number of halogens is 3. The molecule has 2 aromatic carbocycles. The molecule has 110 valence electrons. The number of alkyl halides is 3. The van der Waals surface area contributed by atoms with E-state index < -0.39 is 11.7 Å². The molecule has 0 bridgehead atoms. The zero-order valence-electron chi connectivity index (χ0n) is 11.5. The lowest BCUT2D eigenvalue weighted by atomic mass is 9.77. The van der Waals surface area contributed by atoms with Crippen LogP contribution in [0.25, 0.3) is 0 Å². The minimum Gasteiger partial charge on any atom is -0.312 e. The third kappa shape index (κ3) is 3.10. The third-order valence-electron chi connectivity index (χ3n) is 3.96. The Bertz CT molecular complexity index is 617. The zero-order chi connectivity index (χ0) is 14.9. The van der Waals surface area contributed by atoms with Gasteiger partial charge in [0.2, 0.25) is 0 Å². The Balaban J connectivity index is 1.51. The highest BCUT2D eigenvalue weighted by Crippen LogP contribution is 2.34. The van der Waals surface area contributed by atoms with Crippen LogP contribution in [0, 0.1) is 0 Å². The molecular formula is C17H16F3N. The monoisotopic (exact) mass is 291 g/mol. The number of hydrogen-bond donors (Lipinski definition) is 1. The van der Waals surface area contributed by atoms with Crippen LogP contribution < -0.4 is 5.32 Å². The van der Waals surface area contributed by atoms with Crippen LogP contribution in [0.3, 0.4) is 0 Å². The Kier molecular flexibility index (Phi) is 3.72. The fourth-order valence-electron chi connectivity index (χ4n) is 2.75. The molecule has 1 atom stereocenters. The van der Waals surface area contributed by atoms with Crippen molar-refractivity contribution in [3.05, 3.63) is 70.8 Å². The van der Waals surface area contributed by atoms with Crippen molar-refractivity contribution in [3.63, 3.8) is 0 Å². The van der Waals surface area contributed by atoms with Gasteiger partial charge in [0.1, 0.15) is 0 Å². The van der Waals surface area contributed by atoms with Crippen molar-refractivity contribution in [2.24, 2.45) is 0 Å². The highest BCUT2D eigenvalue weighted by Gasteiger charge is 2.30. The number of benzene rings is 2. The van der Waals surface area contributed by atoms with Crippen LogP contribution in [0.5, 0.6) is 0 Å². The lowest BCUT2D eigenvalue weighted by molar-refractivity contribution is -0.137. The summed E-state index contributed by atoms with van der Waals surface area (Å²) in [6.45, 7) is 1.45. The van der Waals surface area contributed by atoms with Crippen molar-refractivity contribution in [2.45, 2.75) is 25.1 Å². The van der Waals surface area contributed by atoms with E-state index in [-0.39, 0.29) is 0 Å². The molecule has 0 saturated heterocycles. The summed E-state index contributed by atoms with van der Waals surface area (Å²) < 4.78 is 37.4. The topological polar surface area (TPSA) is 12.0 Å². The van der Waals surface area contributed by atoms with Gasteiger partial charge in [0.05, 0.1) is 5.56 Å². The van der Waals surface area contributed by atoms with Crippen molar-refractivity contribution in [1.82, 2.24) is 5.32 Å². The molecule has 1 N–H and O–H groups in total. The second-order valence-corrected chi connectivity index (χ2v) is 5.43. The fourth-order valence-corrected chi connectivity index (χ4v) is 2.75. The molecule has 4 heteroatoms. The van der Waals surface area contributed by atoms with Crippen LogP contribution in [0.4, 0.5) is 13.2 Å². The minimum absolute atomic E-state index is 0.524. The van der Waals surface area contributed by atoms with Crippen molar-refractivity contribution >= 4 is 0 Å². The Labute approximate surface area is 121 Å². The van der Waals surface area contributed by atoms with Gasteiger partial charge < -0.3 is 5.32 Å². The number of hydrogen-bond acceptors (Lipinski definition) is 1. The number of rotatable bonds is 4. The molecule has 0 heterocycles. The lowest BCUT2D eigenvalue weighted by Crippen LogP contribution is -2.28. The highest BCUT2D eigenvalue weighted by molar-refractivity contribution is 5.40. The first-order chi connectivity index (χ1) is 10.0. The van der Waals surface area contributed by atoms with Crippen LogP contribution >= 0.6 is 0 Å². The molecule has 0 radical (unpaired) electrons. The lowest BCUT2D eigenvalue weighted by Gasteiger charge is -2.30. The van der Waals surface area contributed by atoms with Gasteiger partial charge in [-0.05, 0) is 35.2 Å². The van der Waals surface area contributed by atoms with Gasteiger partial charge in [0, 0.05) is 19.0 Å². The average Bonchev–Trinajstić information content (AvgIpc) is 2.43. The van der Waals surface area contributed by atoms with Crippen LogP contribution in [0.1, 0.15) is 28.2 Å². The van der Waals surface area contributed by atoms with Gasteiger partial charge >= 0.3 is 6.18 Å². The second-order valence-electron chi connectivity index (χ2n) is 5.43. The van der Waals surface area contributed by atoms with E-state index in [1.807, 2.05) is 12.1 Å². The first kappa shape index (κ1) is 14.1. The molecule has 1 aliphatic rings. The van der Waals surface area contributed by atoms with E-state index in [1.165, 1.54) is 23.3 Å². The Morgan fingerprint density at radius 1 is 1.00 bits per heavy atom. The van der Waals surface area contributed by atoms with Crippen LogP contribution in [-0.2, 0) is 19.1 Å². The first-order valence-corrected chi connectivity index (χ1v) is 6.99. The van der Waals surface area contributed by atoms with Crippen LogP contribution in [0.2, 0.25) is 0 Å². The molecule has 0 fully saturated rings. The molecule has 3 rings (SSSR count). The Morgan fingerprint density at radius 3 is 2.38 bits per heavy atom. The summed E-state index contributed by atoms with van der Waals surface area (Å²) in [7, 11) is 0. The Hall–Kier alpha value is -1.81. The summed E-state index contributed by atoms with van der Waals surface area (Å²) in [6, 6.07) is 13.7. The van der Waals surface area contributed by atoms with Crippen LogP contribution in [-0.4, -0.2) is 6.54 Å². The summed E-state index contributed by atoms with van der Waals surface area (Å²) in [4.78, 5) is 0. The van der Waals surface area contributed by atoms with Crippen molar-refractivity contribution < 1.29 is 13.2 Å². The smallest absolute Gasteiger partial charge is 0.312 e. The molecule has 0 amide bonds. The normalized spacial score (nSPS) is 17.2. The van der Waals surface area contributed by atoms with E-state index in [2.05, 4.69) is 17.4 Å². The molecule has 1 nitrogen and oxygen atoms in total. The predicted octanol–water partition coefficient (Wildman–Crippen LogP) is 4.13. The molecule has 1 aliphatic carbocycles. The van der Waals surface area contributed by atoms with E-state index in [1.54, 1.807) is 0 Å². The second kappa shape index (κ2) is 5.53. The summed E-state index contributed by atoms with van der Waals surface area (Å²) in [5.74, 6) is 0.524. The Morgan fingerprint density at radius 2 is 1.71 bits per heavy atom. The SMILES string of the molecule is FC(F)(F)c1ccc(CNCC2Cc3ccccc32)cc1. The van der Waals surface area contributed by atoms with E-state index in [0.29, 0.717) is 12.5 Å². The maximum atomic E-state index is 12.5. The van der Waals surface area contributed by atoms with Gasteiger partial charge in [-0.1, -0.05) is 36.4 Å². The van der Waals surface area contributed by atoms with Crippen molar-refractivity contribution in [3.8, 4) is 0 Å². The predicted molar refractivity (Wildman–Crippen MR) is 76.0 cm³/mol. The summed E-state index contributed by atoms with van der Waals surface area (Å²) in [5.41, 5.74) is 3.06. The molecule has 21 heavy (non-hydrogen) atoms. The molecule has 1 unspecified atom stereocenters. The van der Waals surface area contributed by atoms with E-state index in [9.17, 15) is 13.2 Å². The molecule has 0 aliphatic heterocycles. The number of fused-ring (bicyclic) bond motifs is 1. The third-order valence-corrected chi connectivity index (χ3v) is 3.96. The standard InChI is InChI=1S/C17H16F3N/c18-17(19,20)15-7-5-12(6-8-15)10-21-11-14-9-13-3-1-2-4-16(13)14/h1-8,14,21H,9-11H2. The fraction of sp³-hybridized carbons (Fsp3) is 0.294. The molecule has 0 spiro atoms. The maximum Gasteiger partial charge on any atom is 0.416 e. The first-order valence-electron chi connectivity index (χ1n) is 6.99. The van der Waals surface area contributed by atoms with Gasteiger partial charge in [-0.25, -0.2) is 0 Å². The number of nitrogens with one attached hydrogen (secondary N) is 1. The van der Waals surface area contributed by atoms with Gasteiger partial charge in [0.15, 0.2) is 0 Å². The molecule has 0 saturated carbocycles.